The third-order valence-corrected chi connectivity index (χ3v) is 4.01. The van der Waals surface area contributed by atoms with Crippen LogP contribution in [0.1, 0.15) is 15.9 Å². The number of benzene rings is 2. The fourth-order valence-electron chi connectivity index (χ4n) is 2.31. The second kappa shape index (κ2) is 5.67. The van der Waals surface area contributed by atoms with Gasteiger partial charge >= 0.3 is 0 Å². The van der Waals surface area contributed by atoms with E-state index in [4.69, 9.17) is 4.74 Å². The van der Waals surface area contributed by atoms with E-state index in [1.165, 1.54) is 5.56 Å². The number of amides is 1. The van der Waals surface area contributed by atoms with Gasteiger partial charge in [0.1, 0.15) is 11.9 Å². The first-order valence-electron chi connectivity index (χ1n) is 6.51. The van der Waals surface area contributed by atoms with Gasteiger partial charge in [-0.2, -0.15) is 0 Å². The van der Waals surface area contributed by atoms with E-state index < -0.39 is 0 Å². The summed E-state index contributed by atoms with van der Waals surface area (Å²) in [5, 5.41) is 2.92. The van der Waals surface area contributed by atoms with Crippen LogP contribution in [0.25, 0.3) is 0 Å². The smallest absolute Gasteiger partial charge is 0.252 e. The number of hydrogen-bond acceptors (Lipinski definition) is 2. The molecule has 0 radical (unpaired) electrons. The fraction of sp³-hybridized carbons (Fsp3) is 0.188. The van der Waals surface area contributed by atoms with Crippen LogP contribution in [0.5, 0.6) is 5.75 Å². The Morgan fingerprint density at radius 2 is 1.95 bits per heavy atom. The largest absolute Gasteiger partial charge is 0.488 e. The van der Waals surface area contributed by atoms with Gasteiger partial charge in [-0.3, -0.25) is 4.79 Å². The number of carbonyl (C=O) groups is 1. The van der Waals surface area contributed by atoms with Gasteiger partial charge in [-0.05, 0) is 39.7 Å². The first-order chi connectivity index (χ1) is 9.74. The van der Waals surface area contributed by atoms with Crippen LogP contribution in [0.4, 0.5) is 0 Å². The normalized spacial score (nSPS) is 16.4. The van der Waals surface area contributed by atoms with Gasteiger partial charge in [0.05, 0.1) is 12.1 Å². The highest BCUT2D eigenvalue weighted by atomic mass is 79.9. The minimum absolute atomic E-state index is 0.0128. The molecule has 1 heterocycles. The first kappa shape index (κ1) is 13.2. The van der Waals surface area contributed by atoms with Gasteiger partial charge < -0.3 is 10.1 Å². The predicted molar refractivity (Wildman–Crippen MR) is 81.0 cm³/mol. The summed E-state index contributed by atoms with van der Waals surface area (Å²) in [4.78, 5) is 12.1. The average molecular weight is 332 g/mol. The zero-order chi connectivity index (χ0) is 13.9. The van der Waals surface area contributed by atoms with Crippen LogP contribution in [0.2, 0.25) is 0 Å². The van der Waals surface area contributed by atoms with E-state index in [9.17, 15) is 4.79 Å². The standard InChI is InChI=1S/C16H14BrNO2/c17-14-7-3-2-6-13(14)16(19)18-10-12-9-11-5-1-4-8-15(11)20-12/h1-8,12H,9-10H2,(H,18,19). The fourth-order valence-corrected chi connectivity index (χ4v) is 2.78. The molecule has 3 rings (SSSR count). The van der Waals surface area contributed by atoms with Crippen molar-refractivity contribution >= 4 is 21.8 Å². The van der Waals surface area contributed by atoms with Crippen LogP contribution in [0, 0.1) is 0 Å². The molecular formula is C16H14BrNO2. The van der Waals surface area contributed by atoms with Gasteiger partial charge in [-0.25, -0.2) is 0 Å². The van der Waals surface area contributed by atoms with Gasteiger partial charge in [0.2, 0.25) is 0 Å². The summed E-state index contributed by atoms with van der Waals surface area (Å²) in [6.45, 7) is 0.509. The van der Waals surface area contributed by atoms with Crippen molar-refractivity contribution in [3.8, 4) is 5.75 Å². The van der Waals surface area contributed by atoms with Crippen molar-refractivity contribution < 1.29 is 9.53 Å². The van der Waals surface area contributed by atoms with E-state index >= 15 is 0 Å². The molecule has 2 aromatic rings. The molecule has 2 aromatic carbocycles. The molecule has 0 spiro atoms. The second-order valence-electron chi connectivity index (χ2n) is 4.74. The molecule has 1 N–H and O–H groups in total. The summed E-state index contributed by atoms with van der Waals surface area (Å²) < 4.78 is 6.60. The van der Waals surface area contributed by atoms with E-state index in [-0.39, 0.29) is 12.0 Å². The molecule has 0 saturated carbocycles. The number of nitrogens with one attached hydrogen (secondary N) is 1. The van der Waals surface area contributed by atoms with Crippen molar-refractivity contribution in [2.45, 2.75) is 12.5 Å². The third-order valence-electron chi connectivity index (χ3n) is 3.32. The number of halogens is 1. The Kier molecular flexibility index (Phi) is 3.74. The summed E-state index contributed by atoms with van der Waals surface area (Å²) in [7, 11) is 0. The van der Waals surface area contributed by atoms with Gasteiger partial charge in [0, 0.05) is 10.9 Å². The number of ether oxygens (including phenoxy) is 1. The molecule has 4 heteroatoms. The molecule has 1 unspecified atom stereocenters. The molecule has 0 aromatic heterocycles. The lowest BCUT2D eigenvalue weighted by atomic mass is 10.1. The van der Waals surface area contributed by atoms with E-state index in [1.807, 2.05) is 36.4 Å². The number of para-hydroxylation sites is 1. The summed E-state index contributed by atoms with van der Waals surface area (Å²) >= 11 is 3.38. The number of rotatable bonds is 3. The minimum Gasteiger partial charge on any atom is -0.488 e. The van der Waals surface area contributed by atoms with Crippen molar-refractivity contribution in [1.82, 2.24) is 5.32 Å². The van der Waals surface area contributed by atoms with Crippen molar-refractivity contribution in [2.75, 3.05) is 6.54 Å². The third kappa shape index (κ3) is 2.70. The van der Waals surface area contributed by atoms with Crippen LogP contribution in [-0.2, 0) is 6.42 Å². The lowest BCUT2D eigenvalue weighted by Crippen LogP contribution is -2.34. The monoisotopic (exact) mass is 331 g/mol. The molecule has 1 amide bonds. The van der Waals surface area contributed by atoms with E-state index in [2.05, 4.69) is 27.3 Å². The highest BCUT2D eigenvalue weighted by Crippen LogP contribution is 2.27. The molecule has 0 bridgehead atoms. The maximum absolute atomic E-state index is 12.1. The average Bonchev–Trinajstić information content (AvgIpc) is 2.88. The zero-order valence-corrected chi connectivity index (χ0v) is 12.4. The van der Waals surface area contributed by atoms with Gasteiger partial charge in [-0.15, -0.1) is 0 Å². The van der Waals surface area contributed by atoms with E-state index in [0.29, 0.717) is 12.1 Å². The van der Waals surface area contributed by atoms with Crippen molar-refractivity contribution in [3.63, 3.8) is 0 Å². The first-order valence-corrected chi connectivity index (χ1v) is 7.30. The molecule has 1 atom stereocenters. The van der Waals surface area contributed by atoms with Crippen molar-refractivity contribution in [1.29, 1.82) is 0 Å². The van der Waals surface area contributed by atoms with Gasteiger partial charge in [0.15, 0.2) is 0 Å². The number of hydrogen-bond donors (Lipinski definition) is 1. The molecule has 1 aliphatic heterocycles. The molecule has 20 heavy (non-hydrogen) atoms. The summed E-state index contributed by atoms with van der Waals surface area (Å²) in [5.41, 5.74) is 1.84. The Hall–Kier alpha value is -1.81. The Bertz CT molecular complexity index is 617. The summed E-state index contributed by atoms with van der Waals surface area (Å²) in [5.74, 6) is 0.838. The summed E-state index contributed by atoms with van der Waals surface area (Å²) in [6, 6.07) is 15.4. The van der Waals surface area contributed by atoms with E-state index in [1.54, 1.807) is 6.07 Å². The molecular weight excluding hydrogens is 318 g/mol. The zero-order valence-electron chi connectivity index (χ0n) is 10.8. The lowest BCUT2D eigenvalue weighted by Gasteiger charge is -2.12. The summed E-state index contributed by atoms with van der Waals surface area (Å²) in [6.07, 6.45) is 0.853. The van der Waals surface area contributed by atoms with Gasteiger partial charge in [-0.1, -0.05) is 30.3 Å². The van der Waals surface area contributed by atoms with Crippen molar-refractivity contribution in [3.05, 3.63) is 64.1 Å². The molecule has 1 aliphatic rings. The van der Waals surface area contributed by atoms with Crippen molar-refractivity contribution in [2.24, 2.45) is 0 Å². The highest BCUT2D eigenvalue weighted by molar-refractivity contribution is 9.10. The number of fused-ring (bicyclic) bond motifs is 1. The van der Waals surface area contributed by atoms with Crippen LogP contribution >= 0.6 is 15.9 Å². The lowest BCUT2D eigenvalue weighted by molar-refractivity contribution is 0.0933. The number of carbonyl (C=O) groups excluding carboxylic acids is 1. The van der Waals surface area contributed by atoms with Crippen LogP contribution in [0.15, 0.2) is 53.0 Å². The maximum Gasteiger partial charge on any atom is 0.252 e. The van der Waals surface area contributed by atoms with E-state index in [0.717, 1.165) is 16.6 Å². The Morgan fingerprint density at radius 3 is 2.75 bits per heavy atom. The Labute approximate surface area is 126 Å². The predicted octanol–water partition coefficient (Wildman–Crippen LogP) is 3.18. The molecule has 0 aliphatic carbocycles. The van der Waals surface area contributed by atoms with Crippen LogP contribution in [0.3, 0.4) is 0 Å². The molecule has 0 fully saturated rings. The molecule has 3 nitrogen and oxygen atoms in total. The molecule has 102 valence electrons. The highest BCUT2D eigenvalue weighted by Gasteiger charge is 2.22. The maximum atomic E-state index is 12.1. The SMILES string of the molecule is O=C(NCC1Cc2ccccc2O1)c1ccccc1Br. The Balaban J connectivity index is 1.59. The minimum atomic E-state index is -0.0861. The van der Waals surface area contributed by atoms with Crippen LogP contribution in [-0.4, -0.2) is 18.6 Å². The quantitative estimate of drug-likeness (QED) is 0.938. The van der Waals surface area contributed by atoms with Gasteiger partial charge in [0.25, 0.3) is 5.91 Å². The molecule has 0 saturated heterocycles. The Morgan fingerprint density at radius 1 is 1.20 bits per heavy atom. The topological polar surface area (TPSA) is 38.3 Å². The second-order valence-corrected chi connectivity index (χ2v) is 5.60. The van der Waals surface area contributed by atoms with Crippen LogP contribution < -0.4 is 10.1 Å².